The highest BCUT2D eigenvalue weighted by Gasteiger charge is 2.24. The van der Waals surface area contributed by atoms with Crippen molar-refractivity contribution in [1.82, 2.24) is 4.90 Å². The van der Waals surface area contributed by atoms with Gasteiger partial charge in [-0.2, -0.15) is 11.8 Å². The van der Waals surface area contributed by atoms with Gasteiger partial charge in [-0.25, -0.2) is 0 Å². The summed E-state index contributed by atoms with van der Waals surface area (Å²) in [6, 6.07) is 0. The van der Waals surface area contributed by atoms with Crippen LogP contribution >= 0.6 is 11.8 Å². The Morgan fingerprint density at radius 2 is 1.62 bits per heavy atom. The van der Waals surface area contributed by atoms with E-state index in [1.807, 2.05) is 0 Å². The molecule has 2 fully saturated rings. The van der Waals surface area contributed by atoms with Crippen molar-refractivity contribution in [1.29, 1.82) is 0 Å². The van der Waals surface area contributed by atoms with Crippen LogP contribution in [-0.4, -0.2) is 36.0 Å². The minimum atomic E-state index is 0.970. The second-order valence-electron chi connectivity index (χ2n) is 5.86. The van der Waals surface area contributed by atoms with E-state index in [1.165, 1.54) is 58.2 Å². The van der Waals surface area contributed by atoms with Crippen LogP contribution in [-0.2, 0) is 0 Å². The summed E-state index contributed by atoms with van der Waals surface area (Å²) in [5, 5.41) is 0.970. The molecule has 0 atom stereocenters. The Hall–Kier alpha value is 0.310. The third-order valence-electron chi connectivity index (χ3n) is 4.52. The lowest BCUT2D eigenvalue weighted by Crippen LogP contribution is -2.37. The summed E-state index contributed by atoms with van der Waals surface area (Å²) >= 11 is 2.08. The monoisotopic (exact) mass is 241 g/mol. The highest BCUT2D eigenvalue weighted by molar-refractivity contribution is 7.99. The molecule has 0 amide bonds. The maximum absolute atomic E-state index is 2.73. The van der Waals surface area contributed by atoms with Crippen LogP contribution in [0, 0.1) is 11.8 Å². The predicted molar refractivity (Wildman–Crippen MR) is 74.1 cm³/mol. The lowest BCUT2D eigenvalue weighted by Gasteiger charge is -2.35. The summed E-state index contributed by atoms with van der Waals surface area (Å²) in [6.45, 7) is 6.53. The molecule has 1 saturated heterocycles. The van der Waals surface area contributed by atoms with Crippen LogP contribution in [0.4, 0.5) is 0 Å². The van der Waals surface area contributed by atoms with Gasteiger partial charge < -0.3 is 4.90 Å². The molecule has 0 aromatic heterocycles. The first-order valence-electron chi connectivity index (χ1n) is 7.03. The number of piperidine rings is 1. The fourth-order valence-corrected chi connectivity index (χ4v) is 3.90. The smallest absolute Gasteiger partial charge is 0.00445 e. The average molecular weight is 241 g/mol. The van der Waals surface area contributed by atoms with Gasteiger partial charge in [0.1, 0.15) is 0 Å². The second-order valence-corrected chi connectivity index (χ2v) is 7.00. The van der Waals surface area contributed by atoms with E-state index in [2.05, 4.69) is 29.8 Å². The number of likely N-dealkylation sites (tertiary alicyclic amines) is 1. The molecular weight excluding hydrogens is 214 g/mol. The molecule has 1 heterocycles. The van der Waals surface area contributed by atoms with E-state index in [0.29, 0.717) is 0 Å². The molecule has 0 radical (unpaired) electrons. The molecule has 0 N–H and O–H groups in total. The normalized spacial score (nSPS) is 34.1. The highest BCUT2D eigenvalue weighted by atomic mass is 32.2. The molecule has 2 heteroatoms. The first-order valence-corrected chi connectivity index (χ1v) is 8.32. The van der Waals surface area contributed by atoms with E-state index < -0.39 is 0 Å². The van der Waals surface area contributed by atoms with Crippen LogP contribution in [0.1, 0.15) is 45.4 Å². The zero-order valence-electron chi connectivity index (χ0n) is 11.0. The zero-order chi connectivity index (χ0) is 11.4. The summed E-state index contributed by atoms with van der Waals surface area (Å²) in [6.07, 6.45) is 11.0. The van der Waals surface area contributed by atoms with Crippen LogP contribution in [0.2, 0.25) is 0 Å². The maximum atomic E-state index is 2.73. The Labute approximate surface area is 105 Å². The molecule has 1 nitrogen and oxygen atoms in total. The van der Waals surface area contributed by atoms with Crippen molar-refractivity contribution in [3.63, 3.8) is 0 Å². The number of thioether (sulfide) groups is 1. The van der Waals surface area contributed by atoms with Crippen LogP contribution in [0.15, 0.2) is 0 Å². The third-order valence-corrected chi connectivity index (χ3v) is 5.66. The van der Waals surface area contributed by atoms with Gasteiger partial charge in [0.25, 0.3) is 0 Å². The Bertz CT molecular complexity index is 191. The Morgan fingerprint density at radius 3 is 2.19 bits per heavy atom. The Kier molecular flexibility index (Phi) is 5.02. The van der Waals surface area contributed by atoms with Crippen LogP contribution in [0.3, 0.4) is 0 Å². The lowest BCUT2D eigenvalue weighted by molar-refractivity contribution is 0.152. The quantitative estimate of drug-likeness (QED) is 0.742. The summed E-state index contributed by atoms with van der Waals surface area (Å²) in [7, 11) is 0. The fourth-order valence-electron chi connectivity index (χ4n) is 3.16. The van der Waals surface area contributed by atoms with Crippen molar-refractivity contribution in [2.45, 2.75) is 50.7 Å². The largest absolute Gasteiger partial charge is 0.303 e. The van der Waals surface area contributed by atoms with Crippen LogP contribution < -0.4 is 0 Å². The van der Waals surface area contributed by atoms with E-state index in [-0.39, 0.29) is 0 Å². The SMILES string of the molecule is CSC1CCC(CN2CCC(C)CC2)CC1. The molecule has 1 aliphatic carbocycles. The summed E-state index contributed by atoms with van der Waals surface area (Å²) in [5.74, 6) is 1.99. The molecule has 94 valence electrons. The number of hydrogen-bond acceptors (Lipinski definition) is 2. The van der Waals surface area contributed by atoms with Crippen molar-refractivity contribution in [2.75, 3.05) is 25.9 Å². The molecule has 2 rings (SSSR count). The Balaban J connectivity index is 1.66. The fraction of sp³-hybridized carbons (Fsp3) is 1.00. The maximum Gasteiger partial charge on any atom is 0.00445 e. The van der Waals surface area contributed by atoms with Crippen molar-refractivity contribution in [3.8, 4) is 0 Å². The van der Waals surface area contributed by atoms with Gasteiger partial charge >= 0.3 is 0 Å². The van der Waals surface area contributed by atoms with Crippen LogP contribution in [0.25, 0.3) is 0 Å². The van der Waals surface area contributed by atoms with Gasteiger partial charge in [-0.1, -0.05) is 6.92 Å². The van der Waals surface area contributed by atoms with E-state index in [4.69, 9.17) is 0 Å². The molecule has 0 aromatic rings. The van der Waals surface area contributed by atoms with Crippen LogP contribution in [0.5, 0.6) is 0 Å². The number of rotatable bonds is 3. The molecule has 0 aromatic carbocycles. The molecule has 1 saturated carbocycles. The van der Waals surface area contributed by atoms with Crippen molar-refractivity contribution in [3.05, 3.63) is 0 Å². The third kappa shape index (κ3) is 3.66. The topological polar surface area (TPSA) is 3.24 Å². The standard InChI is InChI=1S/C14H27NS/c1-12-7-9-15(10-8-12)11-13-3-5-14(16-2)6-4-13/h12-14H,3-11H2,1-2H3. The molecule has 0 unspecified atom stereocenters. The van der Waals surface area contributed by atoms with E-state index in [0.717, 1.165) is 17.1 Å². The van der Waals surface area contributed by atoms with E-state index >= 15 is 0 Å². The van der Waals surface area contributed by atoms with Gasteiger partial charge in [0.05, 0.1) is 0 Å². The summed E-state index contributed by atoms with van der Waals surface area (Å²) in [4.78, 5) is 2.73. The first kappa shape index (κ1) is 12.8. The molecule has 0 bridgehead atoms. The van der Waals surface area contributed by atoms with Crippen molar-refractivity contribution in [2.24, 2.45) is 11.8 Å². The molecule has 16 heavy (non-hydrogen) atoms. The lowest BCUT2D eigenvalue weighted by atomic mass is 9.87. The summed E-state index contributed by atoms with van der Waals surface area (Å²) < 4.78 is 0. The van der Waals surface area contributed by atoms with Crippen molar-refractivity contribution < 1.29 is 0 Å². The molecule has 0 spiro atoms. The van der Waals surface area contributed by atoms with Crippen molar-refractivity contribution >= 4 is 11.8 Å². The predicted octanol–water partition coefficient (Wildman–Crippen LogP) is 3.64. The van der Waals surface area contributed by atoms with Gasteiger partial charge in [-0.15, -0.1) is 0 Å². The van der Waals surface area contributed by atoms with Gasteiger partial charge in [-0.3, -0.25) is 0 Å². The van der Waals surface area contributed by atoms with Gasteiger partial charge in [0, 0.05) is 11.8 Å². The van der Waals surface area contributed by atoms with Gasteiger partial charge in [0.2, 0.25) is 0 Å². The number of nitrogens with zero attached hydrogens (tertiary/aromatic N) is 1. The summed E-state index contributed by atoms with van der Waals surface area (Å²) in [5.41, 5.74) is 0. The zero-order valence-corrected chi connectivity index (χ0v) is 11.8. The average Bonchev–Trinajstić information content (AvgIpc) is 2.33. The first-order chi connectivity index (χ1) is 7.78. The van der Waals surface area contributed by atoms with E-state index in [1.54, 1.807) is 0 Å². The molecular formula is C14H27NS. The van der Waals surface area contributed by atoms with Gasteiger partial charge in [-0.05, 0) is 69.7 Å². The molecule has 1 aliphatic heterocycles. The minimum absolute atomic E-state index is 0.970. The van der Waals surface area contributed by atoms with E-state index in [9.17, 15) is 0 Å². The Morgan fingerprint density at radius 1 is 1.00 bits per heavy atom. The van der Waals surface area contributed by atoms with Gasteiger partial charge in [0.15, 0.2) is 0 Å². The minimum Gasteiger partial charge on any atom is -0.303 e. The molecule has 2 aliphatic rings. The highest BCUT2D eigenvalue weighted by Crippen LogP contribution is 2.31. The second kappa shape index (κ2) is 6.30. The number of hydrogen-bond donors (Lipinski definition) is 0.